The maximum atomic E-state index is 13.5. The molecule has 2 aliphatic carbocycles. The van der Waals surface area contributed by atoms with E-state index in [1.165, 1.54) is 17.5 Å². The zero-order chi connectivity index (χ0) is 20.7. The summed E-state index contributed by atoms with van der Waals surface area (Å²) in [4.78, 5) is 40.4. The van der Waals surface area contributed by atoms with Gasteiger partial charge < -0.3 is 5.32 Å². The van der Waals surface area contributed by atoms with E-state index in [2.05, 4.69) is 5.32 Å². The fourth-order valence-corrected chi connectivity index (χ4v) is 5.26. The maximum absolute atomic E-state index is 13.5. The highest BCUT2D eigenvalue weighted by atomic mass is 16.2. The largest absolute Gasteiger partial charge is 0.325 e. The van der Waals surface area contributed by atoms with Gasteiger partial charge in [-0.25, -0.2) is 4.79 Å². The average Bonchev–Trinajstić information content (AvgIpc) is 2.91. The van der Waals surface area contributed by atoms with E-state index >= 15 is 0 Å². The molecule has 0 bridgehead atoms. The van der Waals surface area contributed by atoms with Gasteiger partial charge in [0.1, 0.15) is 5.54 Å². The number of amides is 3. The number of rotatable bonds is 3. The van der Waals surface area contributed by atoms with Gasteiger partial charge in [0, 0.05) is 5.56 Å². The number of ketones is 1. The summed E-state index contributed by atoms with van der Waals surface area (Å²) in [6.07, 6.45) is 7.67. The van der Waals surface area contributed by atoms with Crippen molar-refractivity contribution in [2.75, 3.05) is 6.54 Å². The van der Waals surface area contributed by atoms with Crippen molar-refractivity contribution < 1.29 is 14.4 Å². The molecule has 3 amide bonds. The predicted molar refractivity (Wildman–Crippen MR) is 113 cm³/mol. The van der Waals surface area contributed by atoms with Crippen molar-refractivity contribution in [1.29, 1.82) is 0 Å². The SMILES string of the molecule is O=C(CN1C(=O)NC2(CCCCc3ccccc32)C1=O)c1ccc2c(c1)CCCC2. The Morgan fingerprint density at radius 3 is 2.50 bits per heavy atom. The van der Waals surface area contributed by atoms with Crippen LogP contribution < -0.4 is 5.32 Å². The lowest BCUT2D eigenvalue weighted by Gasteiger charge is -2.27. The summed E-state index contributed by atoms with van der Waals surface area (Å²) < 4.78 is 0. The van der Waals surface area contributed by atoms with Crippen LogP contribution in [0.25, 0.3) is 0 Å². The summed E-state index contributed by atoms with van der Waals surface area (Å²) in [7, 11) is 0. The second kappa shape index (κ2) is 7.38. The van der Waals surface area contributed by atoms with Crippen molar-refractivity contribution >= 4 is 17.7 Å². The van der Waals surface area contributed by atoms with E-state index in [1.54, 1.807) is 0 Å². The molecule has 5 nitrogen and oxygen atoms in total. The number of Topliss-reactive ketones (excluding diaryl/α,β-unsaturated/α-hetero) is 1. The molecule has 2 aromatic carbocycles. The third-order valence-corrected chi connectivity index (χ3v) is 6.87. The van der Waals surface area contributed by atoms with Crippen LogP contribution in [0.5, 0.6) is 0 Å². The number of aryl methyl sites for hydroxylation is 3. The van der Waals surface area contributed by atoms with Crippen LogP contribution in [-0.4, -0.2) is 29.2 Å². The number of carbonyl (C=O) groups excluding carboxylic acids is 3. The van der Waals surface area contributed by atoms with Crippen LogP contribution in [-0.2, 0) is 29.6 Å². The molecule has 0 aromatic heterocycles. The van der Waals surface area contributed by atoms with Gasteiger partial charge in [0.25, 0.3) is 5.91 Å². The molecule has 0 saturated carbocycles. The molecule has 154 valence electrons. The number of carbonyl (C=O) groups is 3. The van der Waals surface area contributed by atoms with Crippen molar-refractivity contribution in [3.05, 3.63) is 70.3 Å². The Morgan fingerprint density at radius 2 is 1.63 bits per heavy atom. The first-order valence-electron chi connectivity index (χ1n) is 11.0. The topological polar surface area (TPSA) is 66.5 Å². The molecule has 1 N–H and O–H groups in total. The Hall–Kier alpha value is -2.95. The van der Waals surface area contributed by atoms with E-state index in [-0.39, 0.29) is 18.2 Å². The smallest absolute Gasteiger partial charge is 0.319 e. The Labute approximate surface area is 176 Å². The standard InChI is InChI=1S/C25H26N2O3/c28-22(20-13-12-17-7-1-2-10-19(17)15-20)16-27-23(29)25(26-24(27)30)14-6-5-9-18-8-3-4-11-21(18)25/h3-4,8,11-13,15H,1-2,5-7,9-10,14,16H2,(H,26,30). The van der Waals surface area contributed by atoms with E-state index in [4.69, 9.17) is 0 Å². The van der Waals surface area contributed by atoms with Gasteiger partial charge >= 0.3 is 6.03 Å². The summed E-state index contributed by atoms with van der Waals surface area (Å²) in [5.41, 5.74) is 4.05. The second-order valence-corrected chi connectivity index (χ2v) is 8.70. The maximum Gasteiger partial charge on any atom is 0.325 e. The zero-order valence-electron chi connectivity index (χ0n) is 17.1. The van der Waals surface area contributed by atoms with Gasteiger partial charge in [-0.05, 0) is 79.7 Å². The molecule has 3 aliphatic rings. The Morgan fingerprint density at radius 1 is 0.900 bits per heavy atom. The lowest BCUT2D eigenvalue weighted by Crippen LogP contribution is -2.44. The van der Waals surface area contributed by atoms with E-state index in [1.807, 2.05) is 42.5 Å². The van der Waals surface area contributed by atoms with Crippen LogP contribution in [0.2, 0.25) is 0 Å². The minimum absolute atomic E-state index is 0.189. The minimum Gasteiger partial charge on any atom is -0.319 e. The third kappa shape index (κ3) is 3.04. The van der Waals surface area contributed by atoms with Gasteiger partial charge in [0.15, 0.2) is 5.78 Å². The normalized spacial score (nSPS) is 23.0. The molecular formula is C25H26N2O3. The van der Waals surface area contributed by atoms with Crippen LogP contribution in [0.1, 0.15) is 64.7 Å². The van der Waals surface area contributed by atoms with Gasteiger partial charge in [-0.1, -0.05) is 36.4 Å². The summed E-state index contributed by atoms with van der Waals surface area (Å²) in [5, 5.41) is 2.96. The number of hydrogen-bond donors (Lipinski definition) is 1. The summed E-state index contributed by atoms with van der Waals surface area (Å²) in [5.74, 6) is -0.487. The predicted octanol–water partition coefficient (Wildman–Crippen LogP) is 3.92. The molecule has 1 heterocycles. The first kappa shape index (κ1) is 19.0. The minimum atomic E-state index is -1.04. The van der Waals surface area contributed by atoms with E-state index in [9.17, 15) is 14.4 Å². The van der Waals surface area contributed by atoms with Gasteiger partial charge in [-0.3, -0.25) is 14.5 Å². The highest BCUT2D eigenvalue weighted by Gasteiger charge is 2.53. The molecule has 1 unspecified atom stereocenters. The number of nitrogens with zero attached hydrogens (tertiary/aromatic N) is 1. The van der Waals surface area contributed by atoms with Gasteiger partial charge in [-0.2, -0.15) is 0 Å². The fraction of sp³-hybridized carbons (Fsp3) is 0.400. The van der Waals surface area contributed by atoms with Crippen molar-refractivity contribution in [2.24, 2.45) is 0 Å². The molecule has 0 radical (unpaired) electrons. The van der Waals surface area contributed by atoms with Crippen molar-refractivity contribution in [2.45, 2.75) is 56.9 Å². The Balaban J connectivity index is 1.42. The highest BCUT2D eigenvalue weighted by molar-refractivity contribution is 6.11. The first-order valence-corrected chi connectivity index (χ1v) is 11.0. The van der Waals surface area contributed by atoms with Gasteiger partial charge in [-0.15, -0.1) is 0 Å². The van der Waals surface area contributed by atoms with Crippen LogP contribution in [0.15, 0.2) is 42.5 Å². The molecular weight excluding hydrogens is 376 g/mol. The number of benzene rings is 2. The number of nitrogens with one attached hydrogen (secondary N) is 1. The Kier molecular flexibility index (Phi) is 4.69. The van der Waals surface area contributed by atoms with Crippen LogP contribution >= 0.6 is 0 Å². The molecule has 1 aliphatic heterocycles. The lowest BCUT2D eigenvalue weighted by atomic mass is 9.84. The average molecular weight is 402 g/mol. The van der Waals surface area contributed by atoms with Gasteiger partial charge in [0.05, 0.1) is 6.54 Å². The molecule has 2 aromatic rings. The van der Waals surface area contributed by atoms with Gasteiger partial charge in [0.2, 0.25) is 0 Å². The molecule has 1 fully saturated rings. The van der Waals surface area contributed by atoms with Crippen LogP contribution in [0.3, 0.4) is 0 Å². The number of fused-ring (bicyclic) bond motifs is 3. The quantitative estimate of drug-likeness (QED) is 0.625. The molecule has 5 rings (SSSR count). The molecule has 1 spiro atoms. The van der Waals surface area contributed by atoms with E-state index < -0.39 is 11.6 Å². The summed E-state index contributed by atoms with van der Waals surface area (Å²) in [6, 6.07) is 13.2. The van der Waals surface area contributed by atoms with Crippen molar-refractivity contribution in [3.8, 4) is 0 Å². The highest BCUT2D eigenvalue weighted by Crippen LogP contribution is 2.39. The molecule has 1 atom stereocenters. The summed E-state index contributed by atoms with van der Waals surface area (Å²) >= 11 is 0. The van der Waals surface area contributed by atoms with Crippen molar-refractivity contribution in [1.82, 2.24) is 10.2 Å². The second-order valence-electron chi connectivity index (χ2n) is 8.70. The zero-order valence-corrected chi connectivity index (χ0v) is 17.1. The van der Waals surface area contributed by atoms with E-state index in [0.29, 0.717) is 12.0 Å². The Bertz CT molecular complexity index is 1040. The molecule has 30 heavy (non-hydrogen) atoms. The number of imide groups is 1. The van der Waals surface area contributed by atoms with E-state index in [0.717, 1.165) is 54.6 Å². The first-order chi connectivity index (χ1) is 14.6. The monoisotopic (exact) mass is 402 g/mol. The fourth-order valence-electron chi connectivity index (χ4n) is 5.26. The van der Waals surface area contributed by atoms with Crippen LogP contribution in [0.4, 0.5) is 4.79 Å². The van der Waals surface area contributed by atoms with Crippen LogP contribution in [0, 0.1) is 0 Å². The molecule has 1 saturated heterocycles. The lowest BCUT2D eigenvalue weighted by molar-refractivity contribution is -0.131. The number of hydrogen-bond acceptors (Lipinski definition) is 3. The van der Waals surface area contributed by atoms with Crippen molar-refractivity contribution in [3.63, 3.8) is 0 Å². The molecule has 5 heteroatoms. The third-order valence-electron chi connectivity index (χ3n) is 6.87. The summed E-state index contributed by atoms with van der Waals surface area (Å²) in [6.45, 7) is -0.215. The number of urea groups is 1.